The van der Waals surface area contributed by atoms with Gasteiger partial charge >= 0.3 is 29.6 Å². The predicted molar refractivity (Wildman–Crippen MR) is 247 cm³/mol. The summed E-state index contributed by atoms with van der Waals surface area (Å²) in [7, 11) is 0. The van der Waals surface area contributed by atoms with Crippen molar-refractivity contribution in [2.24, 2.45) is 5.16 Å². The number of carbonyl (C=O) groups is 3. The fraction of sp³-hybridized carbons (Fsp3) is 0.118. The first-order valence-electron chi connectivity index (χ1n) is 20.5. The first-order valence-corrected chi connectivity index (χ1v) is 22.3. The maximum Gasteiger partial charge on any atom is 1.00 e. The molecule has 3 heterocycles. The van der Waals surface area contributed by atoms with Crippen molar-refractivity contribution in [2.45, 2.75) is 22.9 Å². The molecule has 2 atom stereocenters. The number of carbonyl (C=O) groups excluding carboxylic acids is 3. The van der Waals surface area contributed by atoms with Crippen LogP contribution in [0.4, 0.5) is 5.13 Å². The van der Waals surface area contributed by atoms with Crippen LogP contribution in [0.25, 0.3) is 10.4 Å². The summed E-state index contributed by atoms with van der Waals surface area (Å²) in [5.74, 6) is -3.20. The minimum atomic E-state index is -1.59. The second kappa shape index (κ2) is 19.8. The summed E-state index contributed by atoms with van der Waals surface area (Å²) in [5.41, 5.74) is 10.7. The van der Waals surface area contributed by atoms with Gasteiger partial charge in [-0.1, -0.05) is 192 Å². The van der Waals surface area contributed by atoms with Gasteiger partial charge in [0.25, 0.3) is 11.8 Å². The van der Waals surface area contributed by atoms with Gasteiger partial charge in [-0.2, -0.15) is 0 Å². The van der Waals surface area contributed by atoms with E-state index in [1.165, 1.54) is 23.1 Å². The molecule has 1 fully saturated rings. The number of thioether (sulfide) groups is 1. The Hall–Kier alpha value is -6.32. The standard InChI is InChI=1S/C51H41N5O6S2.Na/c52-50-54-41(45(64-50)39-29-17-16-28-38(39)40(32-18-6-1-7-19-32)33-20-8-2-9-21-33)42(46(58)53-43-47(59)56-44(49(60)61)34(30-57)31-63-48(43)56)55-62-51(35-22-10-3-11-23-35,36-24-12-4-13-25-36)37-26-14-5-15-27-37;/h1-29,40,43,48,57H,30-31H2,(H2,52,54)(H,53,58)(H,60,61);/q;+1/p-1/b55-42-;/t43-,48+;/m1./s1. The Morgan fingerprint density at radius 2 is 1.29 bits per heavy atom. The van der Waals surface area contributed by atoms with Crippen molar-refractivity contribution >= 4 is 51.7 Å². The number of rotatable bonds is 14. The summed E-state index contributed by atoms with van der Waals surface area (Å²) in [6.07, 6.45) is 0. The number of benzene rings is 6. The molecule has 65 heavy (non-hydrogen) atoms. The number of aliphatic hydroxyl groups excluding tert-OH is 1. The first kappa shape index (κ1) is 45.3. The summed E-state index contributed by atoms with van der Waals surface area (Å²) < 4.78 is 0. The normalized spacial score (nSPS) is 16.0. The van der Waals surface area contributed by atoms with Crippen molar-refractivity contribution in [3.8, 4) is 10.4 Å². The fourth-order valence-corrected chi connectivity index (χ4v) is 10.7. The predicted octanol–water partition coefficient (Wildman–Crippen LogP) is 3.69. The molecule has 0 saturated carbocycles. The third-order valence-electron chi connectivity index (χ3n) is 11.4. The van der Waals surface area contributed by atoms with E-state index in [0.717, 1.165) is 43.8 Å². The number of anilines is 1. The largest absolute Gasteiger partial charge is 1.00 e. The van der Waals surface area contributed by atoms with Crippen molar-refractivity contribution in [3.05, 3.63) is 226 Å². The van der Waals surface area contributed by atoms with E-state index in [1.54, 1.807) is 0 Å². The summed E-state index contributed by atoms with van der Waals surface area (Å²) in [6, 6.07) is 55.6. The number of aliphatic hydroxyl groups is 1. The quantitative estimate of drug-likeness (QED) is 0.0485. The number of aliphatic carboxylic acids is 1. The third-order valence-corrected chi connectivity index (χ3v) is 13.7. The van der Waals surface area contributed by atoms with Crippen LogP contribution in [0.15, 0.2) is 192 Å². The van der Waals surface area contributed by atoms with Gasteiger partial charge in [0.1, 0.15) is 17.1 Å². The van der Waals surface area contributed by atoms with E-state index in [0.29, 0.717) is 4.88 Å². The monoisotopic (exact) mass is 905 g/mol. The number of aromatic nitrogens is 1. The van der Waals surface area contributed by atoms with Crippen LogP contribution in [0.1, 0.15) is 45.0 Å². The van der Waals surface area contributed by atoms with Gasteiger partial charge in [0.15, 0.2) is 10.8 Å². The van der Waals surface area contributed by atoms with Crippen molar-refractivity contribution in [1.29, 1.82) is 0 Å². The van der Waals surface area contributed by atoms with Crippen LogP contribution >= 0.6 is 23.1 Å². The van der Waals surface area contributed by atoms with Crippen molar-refractivity contribution in [2.75, 3.05) is 18.1 Å². The van der Waals surface area contributed by atoms with Crippen LogP contribution in [0.5, 0.6) is 0 Å². The Morgan fingerprint density at radius 3 is 1.80 bits per heavy atom. The van der Waals surface area contributed by atoms with Gasteiger partial charge in [-0.05, 0) is 27.8 Å². The molecule has 6 aromatic carbocycles. The van der Waals surface area contributed by atoms with Crippen LogP contribution < -0.4 is 45.7 Å². The number of hydrogen-bond donors (Lipinski definition) is 3. The third kappa shape index (κ3) is 8.66. The molecule has 1 aromatic heterocycles. The van der Waals surface area contributed by atoms with Gasteiger partial charge in [-0.15, -0.1) is 11.8 Å². The smallest absolute Gasteiger partial charge is 0.543 e. The van der Waals surface area contributed by atoms with Crippen LogP contribution in [-0.2, 0) is 24.8 Å². The number of amides is 2. The van der Waals surface area contributed by atoms with Crippen LogP contribution in [0.3, 0.4) is 0 Å². The second-order valence-electron chi connectivity index (χ2n) is 15.1. The Morgan fingerprint density at radius 1 is 0.800 bits per heavy atom. The zero-order valence-corrected chi connectivity index (χ0v) is 38.7. The Balaban J connectivity index is 0.00000576. The number of hydrogen-bond acceptors (Lipinski definition) is 11. The number of thiazole rings is 1. The molecule has 9 rings (SSSR count). The SMILES string of the molecule is Nc1nc(/C(=N/OC(c2ccccc2)(c2ccccc2)c2ccccc2)C(=O)N[C@@H]2C(=O)N3C(C(=O)[O-])=C(CO)CS[C@@H]23)c(-c2ccccc2C(c2ccccc2)c2ccccc2)s1.[Na+]. The number of fused-ring (bicyclic) bond motifs is 1. The zero-order valence-electron chi connectivity index (χ0n) is 35.1. The number of β-lactam (4-membered cyclic amide) rings is 1. The van der Waals surface area contributed by atoms with Crippen molar-refractivity contribution in [3.63, 3.8) is 0 Å². The average molecular weight is 906 g/mol. The van der Waals surface area contributed by atoms with Gasteiger partial charge in [-0.3, -0.25) is 14.5 Å². The van der Waals surface area contributed by atoms with Gasteiger partial charge in [-0.25, -0.2) is 4.98 Å². The molecule has 2 aliphatic heterocycles. The van der Waals surface area contributed by atoms with Crippen molar-refractivity contribution < 1.29 is 59.0 Å². The van der Waals surface area contributed by atoms with E-state index in [1.807, 2.05) is 152 Å². The molecule has 11 nitrogen and oxygen atoms in total. The minimum Gasteiger partial charge on any atom is -0.543 e. The average Bonchev–Trinajstić information content (AvgIpc) is 3.73. The van der Waals surface area contributed by atoms with Crippen molar-refractivity contribution in [1.82, 2.24) is 15.2 Å². The number of nitrogens with zero attached hydrogens (tertiary/aromatic N) is 3. The number of nitrogens with two attached hydrogens (primary N) is 1. The molecule has 318 valence electrons. The molecule has 0 radical (unpaired) electrons. The number of carboxylic acids is 1. The van der Waals surface area contributed by atoms with E-state index in [-0.39, 0.29) is 63.3 Å². The number of nitrogen functional groups attached to an aromatic ring is 1. The summed E-state index contributed by atoms with van der Waals surface area (Å²) in [6.45, 7) is -0.561. The van der Waals surface area contributed by atoms with E-state index in [9.17, 15) is 19.8 Å². The van der Waals surface area contributed by atoms with Crippen LogP contribution in [0, 0.1) is 0 Å². The molecule has 0 unspecified atom stereocenters. The van der Waals surface area contributed by atoms with Crippen LogP contribution in [-0.4, -0.2) is 62.3 Å². The molecule has 7 aromatic rings. The minimum absolute atomic E-state index is 0. The zero-order chi connectivity index (χ0) is 44.2. The van der Waals surface area contributed by atoms with Gasteiger partial charge in [0.2, 0.25) is 5.60 Å². The maximum atomic E-state index is 15.1. The summed E-state index contributed by atoms with van der Waals surface area (Å²) in [5, 5.41) is 29.1. The fourth-order valence-electron chi connectivity index (χ4n) is 8.46. The molecule has 2 amide bonds. The number of carboxylic acid groups (broad SMARTS) is 1. The first-order chi connectivity index (χ1) is 31.3. The Labute approximate surface area is 406 Å². The van der Waals surface area contributed by atoms with E-state index >= 15 is 4.79 Å². The number of oxime groups is 1. The molecular formula is C51H40N5NaO6S2. The second-order valence-corrected chi connectivity index (χ2v) is 17.3. The summed E-state index contributed by atoms with van der Waals surface area (Å²) >= 11 is 2.41. The van der Waals surface area contributed by atoms with E-state index < -0.39 is 47.1 Å². The van der Waals surface area contributed by atoms with Gasteiger partial charge in [0, 0.05) is 28.4 Å². The topological polar surface area (TPSA) is 170 Å². The number of nitrogens with one attached hydrogen (secondary N) is 1. The molecule has 0 aliphatic carbocycles. The Bertz CT molecular complexity index is 2750. The molecule has 0 bridgehead atoms. The maximum absolute atomic E-state index is 15.1. The van der Waals surface area contributed by atoms with E-state index in [2.05, 4.69) is 29.6 Å². The molecule has 4 N–H and O–H groups in total. The molecule has 14 heteroatoms. The van der Waals surface area contributed by atoms with Crippen LogP contribution in [0.2, 0.25) is 0 Å². The molecule has 1 saturated heterocycles. The van der Waals surface area contributed by atoms with Gasteiger partial charge in [0.05, 0.1) is 23.2 Å². The molecular weight excluding hydrogens is 866 g/mol. The van der Waals surface area contributed by atoms with Gasteiger partial charge < -0.3 is 30.9 Å². The Kier molecular flexibility index (Phi) is 13.8. The summed E-state index contributed by atoms with van der Waals surface area (Å²) in [4.78, 5) is 54.4. The van der Waals surface area contributed by atoms with E-state index in [4.69, 9.17) is 20.7 Å². The molecule has 2 aliphatic rings. The molecule has 0 spiro atoms.